The van der Waals surface area contributed by atoms with Gasteiger partial charge in [0, 0.05) is 31.2 Å². The summed E-state index contributed by atoms with van der Waals surface area (Å²) in [6.07, 6.45) is 2.76. The molecule has 0 saturated carbocycles. The largest absolute Gasteiger partial charge is 0.341 e. The minimum absolute atomic E-state index is 0.000658. The molecule has 0 spiro atoms. The number of carbonyl (C=O) groups excluding carboxylic acids is 1. The van der Waals surface area contributed by atoms with Gasteiger partial charge in [0.15, 0.2) is 15.7 Å². The van der Waals surface area contributed by atoms with E-state index in [9.17, 15) is 13.2 Å². The number of carbonyl (C=O) groups is 1. The monoisotopic (exact) mass is 329 g/mol. The average Bonchev–Trinajstić information content (AvgIpc) is 2.95. The number of rotatable bonds is 4. The third-order valence-corrected chi connectivity index (χ3v) is 5.53. The van der Waals surface area contributed by atoms with E-state index in [1.807, 2.05) is 13.8 Å². The Morgan fingerprint density at radius 2 is 2.05 bits per heavy atom. The molecule has 2 rings (SSSR count). The summed E-state index contributed by atoms with van der Waals surface area (Å²) < 4.78 is 28.3. The minimum Gasteiger partial charge on any atom is -0.341 e. The lowest BCUT2D eigenvalue weighted by Crippen LogP contribution is -2.45. The number of amides is 1. The van der Waals surface area contributed by atoms with Crippen molar-refractivity contribution >= 4 is 15.7 Å². The van der Waals surface area contributed by atoms with Crippen molar-refractivity contribution in [3.63, 3.8) is 0 Å². The zero-order valence-corrected chi connectivity index (χ0v) is 14.3. The summed E-state index contributed by atoms with van der Waals surface area (Å²) in [4.78, 5) is 18.3. The summed E-state index contributed by atoms with van der Waals surface area (Å²) >= 11 is 0. The number of hydrogen-bond donors (Lipinski definition) is 0. The highest BCUT2D eigenvalue weighted by Crippen LogP contribution is 2.26. The first kappa shape index (κ1) is 16.9. The summed E-state index contributed by atoms with van der Waals surface area (Å²) in [5, 5.41) is 2.99. The molecule has 1 amide bonds. The number of hydrogen-bond acceptors (Lipinski definition) is 6. The van der Waals surface area contributed by atoms with Crippen LogP contribution in [0.25, 0.3) is 0 Å². The number of aromatic nitrogens is 2. The van der Waals surface area contributed by atoms with Crippen molar-refractivity contribution in [2.24, 2.45) is 0 Å². The Morgan fingerprint density at radius 1 is 1.36 bits per heavy atom. The molecule has 1 fully saturated rings. The second-order valence-corrected chi connectivity index (χ2v) is 8.61. The maximum Gasteiger partial charge on any atom is 0.240 e. The minimum atomic E-state index is -3.38. The van der Waals surface area contributed by atoms with Gasteiger partial charge in [0.05, 0.1) is 0 Å². The van der Waals surface area contributed by atoms with E-state index in [4.69, 9.17) is 4.52 Å². The molecule has 1 aliphatic heterocycles. The maximum absolute atomic E-state index is 12.3. The van der Waals surface area contributed by atoms with Crippen molar-refractivity contribution < 1.29 is 17.7 Å². The third-order valence-electron chi connectivity index (χ3n) is 4.04. The molecule has 1 aromatic heterocycles. The van der Waals surface area contributed by atoms with Gasteiger partial charge in [-0.25, -0.2) is 8.42 Å². The molecule has 0 aliphatic carbocycles. The van der Waals surface area contributed by atoms with Crippen LogP contribution in [-0.4, -0.2) is 54.0 Å². The first-order valence-electron chi connectivity index (χ1n) is 7.51. The van der Waals surface area contributed by atoms with E-state index in [0.29, 0.717) is 24.8 Å². The van der Waals surface area contributed by atoms with Crippen LogP contribution in [0.5, 0.6) is 0 Å². The van der Waals surface area contributed by atoms with Crippen LogP contribution in [0.1, 0.15) is 57.2 Å². The normalized spacial score (nSPS) is 21.1. The topological polar surface area (TPSA) is 93.4 Å². The molecular formula is C14H23N3O4S. The van der Waals surface area contributed by atoms with Crippen LogP contribution in [0.3, 0.4) is 0 Å². The van der Waals surface area contributed by atoms with Crippen LogP contribution in [0.4, 0.5) is 0 Å². The Hall–Kier alpha value is -1.44. The zero-order valence-electron chi connectivity index (χ0n) is 13.4. The fourth-order valence-corrected chi connectivity index (χ4v) is 2.99. The summed E-state index contributed by atoms with van der Waals surface area (Å²) in [7, 11) is -3.38. The summed E-state index contributed by atoms with van der Waals surface area (Å²) in [6.45, 7) is 6.40. The van der Waals surface area contributed by atoms with Crippen molar-refractivity contribution in [3.8, 4) is 0 Å². The zero-order chi connectivity index (χ0) is 16.5. The molecule has 8 heteroatoms. The van der Waals surface area contributed by atoms with Crippen molar-refractivity contribution in [2.45, 2.75) is 50.7 Å². The van der Waals surface area contributed by atoms with Crippen LogP contribution < -0.4 is 0 Å². The SMILES string of the molecule is CC(C)c1nc([C@H]2CCCN(C(=O)[C@@H](C)S(C)(=O)=O)C2)no1. The fourth-order valence-electron chi connectivity index (χ4n) is 2.48. The number of nitrogens with zero attached hydrogens (tertiary/aromatic N) is 3. The van der Waals surface area contributed by atoms with Gasteiger partial charge in [-0.1, -0.05) is 19.0 Å². The highest BCUT2D eigenvalue weighted by molar-refractivity contribution is 7.92. The van der Waals surface area contributed by atoms with Crippen molar-refractivity contribution in [1.29, 1.82) is 0 Å². The molecule has 0 radical (unpaired) electrons. The standard InChI is InChI=1S/C14H23N3O4S/c1-9(2)13-15-12(16-21-13)11-6-5-7-17(8-11)14(18)10(3)22(4,19)20/h9-11H,5-8H2,1-4H3/t10-,11+/m1/s1. The lowest BCUT2D eigenvalue weighted by molar-refractivity contribution is -0.131. The highest BCUT2D eigenvalue weighted by Gasteiger charge is 2.33. The van der Waals surface area contributed by atoms with Gasteiger partial charge < -0.3 is 9.42 Å². The number of piperidine rings is 1. The van der Waals surface area contributed by atoms with Gasteiger partial charge in [0.2, 0.25) is 11.8 Å². The molecule has 1 saturated heterocycles. The molecule has 7 nitrogen and oxygen atoms in total. The van der Waals surface area contributed by atoms with Gasteiger partial charge in [-0.05, 0) is 19.8 Å². The molecule has 0 aromatic carbocycles. The number of likely N-dealkylation sites (tertiary alicyclic amines) is 1. The fraction of sp³-hybridized carbons (Fsp3) is 0.786. The van der Waals surface area contributed by atoms with E-state index in [-0.39, 0.29) is 17.7 Å². The van der Waals surface area contributed by atoms with Crippen molar-refractivity contribution in [2.75, 3.05) is 19.3 Å². The molecule has 1 aliphatic rings. The molecule has 0 bridgehead atoms. The van der Waals surface area contributed by atoms with Crippen molar-refractivity contribution in [3.05, 3.63) is 11.7 Å². The van der Waals surface area contributed by atoms with E-state index in [2.05, 4.69) is 10.1 Å². The van der Waals surface area contributed by atoms with Gasteiger partial charge >= 0.3 is 0 Å². The maximum atomic E-state index is 12.3. The van der Waals surface area contributed by atoms with E-state index in [0.717, 1.165) is 19.1 Å². The van der Waals surface area contributed by atoms with E-state index >= 15 is 0 Å². The van der Waals surface area contributed by atoms with E-state index in [1.54, 1.807) is 4.90 Å². The predicted molar refractivity (Wildman–Crippen MR) is 81.2 cm³/mol. The third kappa shape index (κ3) is 3.66. The summed E-state index contributed by atoms with van der Waals surface area (Å²) in [5.41, 5.74) is 0. The Kier molecular flexibility index (Phi) is 4.89. The smallest absolute Gasteiger partial charge is 0.240 e. The molecule has 2 atom stereocenters. The van der Waals surface area contributed by atoms with Gasteiger partial charge in [-0.2, -0.15) is 4.98 Å². The first-order valence-corrected chi connectivity index (χ1v) is 9.46. The molecule has 124 valence electrons. The second-order valence-electron chi connectivity index (χ2n) is 6.24. The Balaban J connectivity index is 2.10. The van der Waals surface area contributed by atoms with E-state index < -0.39 is 15.1 Å². The van der Waals surface area contributed by atoms with Crippen LogP contribution in [-0.2, 0) is 14.6 Å². The Labute approximate surface area is 131 Å². The summed E-state index contributed by atoms with van der Waals surface area (Å²) in [5.74, 6) is 1.00. The molecular weight excluding hydrogens is 306 g/mol. The molecule has 22 heavy (non-hydrogen) atoms. The number of sulfone groups is 1. The van der Waals surface area contributed by atoms with Crippen LogP contribution >= 0.6 is 0 Å². The highest BCUT2D eigenvalue weighted by atomic mass is 32.2. The lowest BCUT2D eigenvalue weighted by Gasteiger charge is -2.32. The predicted octanol–water partition coefficient (Wildman–Crippen LogP) is 1.33. The first-order chi connectivity index (χ1) is 10.2. The van der Waals surface area contributed by atoms with Crippen LogP contribution in [0, 0.1) is 0 Å². The van der Waals surface area contributed by atoms with E-state index in [1.165, 1.54) is 6.92 Å². The van der Waals surface area contributed by atoms with Gasteiger partial charge in [0.1, 0.15) is 5.25 Å². The van der Waals surface area contributed by atoms with Crippen LogP contribution in [0.15, 0.2) is 4.52 Å². The molecule has 2 heterocycles. The Morgan fingerprint density at radius 3 is 2.59 bits per heavy atom. The van der Waals surface area contributed by atoms with Gasteiger partial charge in [0.25, 0.3) is 0 Å². The molecule has 0 N–H and O–H groups in total. The second kappa shape index (κ2) is 6.36. The van der Waals surface area contributed by atoms with Gasteiger partial charge in [-0.3, -0.25) is 4.79 Å². The summed E-state index contributed by atoms with van der Waals surface area (Å²) in [6, 6.07) is 0. The van der Waals surface area contributed by atoms with Gasteiger partial charge in [-0.15, -0.1) is 0 Å². The molecule has 1 aromatic rings. The molecule has 0 unspecified atom stereocenters. The van der Waals surface area contributed by atoms with Crippen LogP contribution in [0.2, 0.25) is 0 Å². The Bertz CT molecular complexity index is 638. The average molecular weight is 329 g/mol. The van der Waals surface area contributed by atoms with Crippen molar-refractivity contribution in [1.82, 2.24) is 15.0 Å². The lowest BCUT2D eigenvalue weighted by atomic mass is 9.97. The quantitative estimate of drug-likeness (QED) is 0.827.